The zero-order chi connectivity index (χ0) is 58.7. The highest BCUT2D eigenvalue weighted by Crippen LogP contribution is 2.16. The first-order valence-corrected chi connectivity index (χ1v) is 24.0. The van der Waals surface area contributed by atoms with E-state index in [4.69, 9.17) is 20.4 Å². The molecule has 2 rings (SSSR count). The van der Waals surface area contributed by atoms with Gasteiger partial charge in [0.05, 0.1) is 52.3 Å². The number of rotatable bonds is 30. The Morgan fingerprint density at radius 3 is 1.71 bits per heavy atom. The summed E-state index contributed by atoms with van der Waals surface area (Å²) in [6.07, 6.45) is -6.63. The van der Waals surface area contributed by atoms with Crippen LogP contribution in [0.25, 0.3) is 0 Å². The summed E-state index contributed by atoms with van der Waals surface area (Å²) in [7, 11) is 0. The van der Waals surface area contributed by atoms with Gasteiger partial charge in [-0.05, 0) is 42.9 Å². The summed E-state index contributed by atoms with van der Waals surface area (Å²) in [5, 5.41) is 72.1. The van der Waals surface area contributed by atoms with Crippen LogP contribution >= 0.6 is 0 Å². The third-order valence-corrected chi connectivity index (χ3v) is 11.0. The van der Waals surface area contributed by atoms with Gasteiger partial charge in [0.1, 0.15) is 29.9 Å². The number of nitrogens with zero attached hydrogens (tertiary/aromatic N) is 3. The van der Waals surface area contributed by atoms with Crippen LogP contribution in [0.1, 0.15) is 45.1 Å². The maximum absolute atomic E-state index is 14.0. The summed E-state index contributed by atoms with van der Waals surface area (Å²) in [5.74, 6) is -16.0. The second-order valence-electron chi connectivity index (χ2n) is 17.9. The second-order valence-corrected chi connectivity index (χ2v) is 17.9. The highest BCUT2D eigenvalue weighted by molar-refractivity contribution is 5.99. The molecule has 434 valence electrons. The van der Waals surface area contributed by atoms with Gasteiger partial charge in [-0.2, -0.15) is 13.2 Å². The lowest BCUT2D eigenvalue weighted by atomic mass is 9.99. The van der Waals surface area contributed by atoms with Crippen LogP contribution in [-0.4, -0.2) is 233 Å². The molecule has 1 aromatic carbocycles. The Labute approximate surface area is 443 Å². The number of guanidine groups is 1. The molecule has 0 unspecified atom stereocenters. The van der Waals surface area contributed by atoms with Gasteiger partial charge >= 0.3 is 41.9 Å². The van der Waals surface area contributed by atoms with Crippen molar-refractivity contribution in [1.29, 1.82) is 5.41 Å². The van der Waals surface area contributed by atoms with Crippen molar-refractivity contribution in [3.05, 3.63) is 29.8 Å². The van der Waals surface area contributed by atoms with Crippen molar-refractivity contribution in [3.8, 4) is 5.75 Å². The lowest BCUT2D eigenvalue weighted by Gasteiger charge is -2.27. The lowest BCUT2D eigenvalue weighted by Crippen LogP contribution is -2.59. The van der Waals surface area contributed by atoms with Gasteiger partial charge in [0.25, 0.3) is 0 Å². The summed E-state index contributed by atoms with van der Waals surface area (Å²) >= 11 is 0. The molecule has 0 bridgehead atoms. The van der Waals surface area contributed by atoms with Crippen molar-refractivity contribution < 1.29 is 101 Å². The fraction of sp³-hybridized carbons (Fsp3) is 0.578. The van der Waals surface area contributed by atoms with Crippen molar-refractivity contribution >= 4 is 77.2 Å². The van der Waals surface area contributed by atoms with Gasteiger partial charge in [0.2, 0.25) is 35.4 Å². The predicted molar refractivity (Wildman–Crippen MR) is 260 cm³/mol. The van der Waals surface area contributed by atoms with Gasteiger partial charge in [-0.25, -0.2) is 0 Å². The van der Waals surface area contributed by atoms with Crippen LogP contribution in [0.2, 0.25) is 0 Å². The van der Waals surface area contributed by atoms with Crippen LogP contribution in [-0.2, 0) is 64.0 Å². The second kappa shape index (κ2) is 33.1. The third kappa shape index (κ3) is 27.0. The Morgan fingerprint density at radius 2 is 1.17 bits per heavy atom. The summed E-state index contributed by atoms with van der Waals surface area (Å²) in [5.41, 5.74) is 0.405. The van der Waals surface area contributed by atoms with Gasteiger partial charge in [0, 0.05) is 45.7 Å². The first-order chi connectivity index (χ1) is 36.5. The monoisotopic (exact) mass is 1120 g/mol. The molecule has 0 saturated carbocycles. The number of carbonyl (C=O) groups is 12. The standard InChI is InChI=1S/C45H65F3N12O18/c1-25(2)38-42(76)54-28(5-3-10-51-44(49)57-43(77)45(46,47)48)39(73)52-19-31(61)53-30(18-33(63)64)40(74)55-29(41(75)56-38)17-26-6-8-27(9-7-26)78-16-4-11-50-32(62)20-59(22-35(67)68)14-12-58(21-34(65)66)13-15-60(23-36(69)70)24-37(71)72/h6-9,25,28-30,38H,3-5,10-24H2,1-2H3,(H,50,62)(H,52,73)(H,53,61)(H,54,76)(H,55,74)(H,56,75)(H,63,64)(H,65,66)(H,67,68)(H,69,70)(H,71,72)(H3,49,51,57,77)/t28-,29+,30-,38-/m0/s1. The molecule has 1 aromatic rings. The van der Waals surface area contributed by atoms with Gasteiger partial charge in [-0.15, -0.1) is 0 Å². The fourth-order valence-electron chi connectivity index (χ4n) is 7.20. The first-order valence-electron chi connectivity index (χ1n) is 24.0. The van der Waals surface area contributed by atoms with Crippen molar-refractivity contribution in [2.24, 2.45) is 5.92 Å². The van der Waals surface area contributed by atoms with E-state index in [0.717, 1.165) is 4.90 Å². The quantitative estimate of drug-likeness (QED) is 0.0196. The van der Waals surface area contributed by atoms with Crippen molar-refractivity contribution in [3.63, 3.8) is 0 Å². The van der Waals surface area contributed by atoms with E-state index in [1.807, 2.05) is 0 Å². The number of ether oxygens (including phenoxy) is 1. The lowest BCUT2D eigenvalue weighted by molar-refractivity contribution is -0.172. The van der Waals surface area contributed by atoms with Crippen molar-refractivity contribution in [2.45, 2.75) is 76.3 Å². The van der Waals surface area contributed by atoms with Crippen molar-refractivity contribution in [2.75, 3.05) is 85.1 Å². The molecular formula is C45H65F3N12O18. The van der Waals surface area contributed by atoms with E-state index in [-0.39, 0.29) is 71.6 Å². The summed E-state index contributed by atoms with van der Waals surface area (Å²) in [6.45, 7) is -1.09. The maximum Gasteiger partial charge on any atom is 0.471 e. The molecule has 78 heavy (non-hydrogen) atoms. The van der Waals surface area contributed by atoms with E-state index < -0.39 is 159 Å². The maximum atomic E-state index is 14.0. The minimum atomic E-state index is -5.27. The smallest absolute Gasteiger partial charge is 0.471 e. The Balaban J connectivity index is 2.13. The van der Waals surface area contributed by atoms with Crippen LogP contribution in [0.15, 0.2) is 24.3 Å². The molecule has 14 N–H and O–H groups in total. The Bertz CT molecular complexity index is 2290. The molecule has 1 heterocycles. The van der Waals surface area contributed by atoms with Gasteiger partial charge in [-0.3, -0.25) is 83.0 Å². The van der Waals surface area contributed by atoms with E-state index >= 15 is 0 Å². The number of hydrogen-bond acceptors (Lipinski definition) is 17. The topological polar surface area (TPSA) is 445 Å². The number of alkyl halides is 3. The Hall–Kier alpha value is -8.20. The molecular weight excluding hydrogens is 1050 g/mol. The molecule has 0 aliphatic carbocycles. The van der Waals surface area contributed by atoms with Crippen LogP contribution in [0, 0.1) is 11.3 Å². The van der Waals surface area contributed by atoms with Crippen LogP contribution in [0.3, 0.4) is 0 Å². The molecule has 33 heteroatoms. The molecule has 30 nitrogen and oxygen atoms in total. The number of halogens is 3. The molecule has 1 aliphatic rings. The predicted octanol–water partition coefficient (Wildman–Crippen LogP) is -4.46. The minimum Gasteiger partial charge on any atom is -0.494 e. The van der Waals surface area contributed by atoms with Crippen LogP contribution in [0.5, 0.6) is 5.75 Å². The molecule has 4 atom stereocenters. The number of nitrogens with one attached hydrogen (secondary N) is 9. The molecule has 1 fully saturated rings. The number of aliphatic carboxylic acids is 5. The fourth-order valence-corrected chi connectivity index (χ4v) is 7.20. The number of amides is 7. The SMILES string of the molecule is CC(C)[C@@H]1NC(=O)[C@@H](Cc2ccc(OCCCNC(=O)CN(CCN(CCN(CC(=O)O)CC(=O)O)CC(=O)O)CC(=O)O)cc2)NC(=O)[C@H](CC(=O)O)NC(=O)CNC(=O)[C@H](CCCNC(=N)NC(=O)C(F)(F)F)NC1=O. The largest absolute Gasteiger partial charge is 0.494 e. The van der Waals surface area contributed by atoms with Crippen LogP contribution in [0.4, 0.5) is 13.2 Å². The number of benzene rings is 1. The van der Waals surface area contributed by atoms with Crippen LogP contribution < -0.4 is 47.3 Å². The Morgan fingerprint density at radius 1 is 0.654 bits per heavy atom. The highest BCUT2D eigenvalue weighted by Gasteiger charge is 2.39. The minimum absolute atomic E-state index is 0.0500. The molecule has 1 aliphatic heterocycles. The highest BCUT2D eigenvalue weighted by atomic mass is 19.4. The average molecular weight is 1120 g/mol. The molecule has 1 saturated heterocycles. The number of hydrogen-bond donors (Lipinski definition) is 14. The third-order valence-electron chi connectivity index (χ3n) is 11.0. The van der Waals surface area contributed by atoms with E-state index in [1.54, 1.807) is 13.8 Å². The zero-order valence-electron chi connectivity index (χ0n) is 42.4. The van der Waals surface area contributed by atoms with E-state index in [1.165, 1.54) is 39.4 Å². The van der Waals surface area contributed by atoms with E-state index in [9.17, 15) is 86.0 Å². The Kier molecular flexibility index (Phi) is 27.9. The number of carbonyl (C=O) groups excluding carboxylic acids is 7. The summed E-state index contributed by atoms with van der Waals surface area (Å²) in [6, 6.07) is -0.0654. The molecule has 0 radical (unpaired) electrons. The number of carboxylic acids is 5. The zero-order valence-corrected chi connectivity index (χ0v) is 42.4. The molecule has 7 amide bonds. The van der Waals surface area contributed by atoms with Gasteiger partial charge < -0.3 is 67.5 Å². The summed E-state index contributed by atoms with van der Waals surface area (Å²) in [4.78, 5) is 152. The van der Waals surface area contributed by atoms with Gasteiger partial charge in [-0.1, -0.05) is 26.0 Å². The summed E-state index contributed by atoms with van der Waals surface area (Å²) < 4.78 is 43.5. The van der Waals surface area contributed by atoms with Gasteiger partial charge in [0.15, 0.2) is 5.96 Å². The van der Waals surface area contributed by atoms with E-state index in [2.05, 4.69) is 37.2 Å². The molecule has 0 spiro atoms. The average Bonchev–Trinajstić information content (AvgIpc) is 3.32. The number of carboxylic acid groups (broad SMARTS) is 5. The molecule has 0 aromatic heterocycles. The normalized spacial score (nSPS) is 17.6. The first kappa shape index (κ1) is 65.9. The van der Waals surface area contributed by atoms with E-state index in [0.29, 0.717) is 11.3 Å². The van der Waals surface area contributed by atoms with Crippen molar-refractivity contribution in [1.82, 2.24) is 57.2 Å².